The molecule has 0 aliphatic rings. The third-order valence-corrected chi connectivity index (χ3v) is 5.65. The topological polar surface area (TPSA) is 117 Å². The molecule has 0 fully saturated rings. The Morgan fingerprint density at radius 2 is 1.86 bits per heavy atom. The van der Waals surface area contributed by atoms with Crippen molar-refractivity contribution in [2.75, 3.05) is 32.7 Å². The van der Waals surface area contributed by atoms with E-state index in [9.17, 15) is 14.5 Å². The van der Waals surface area contributed by atoms with Crippen LogP contribution in [0.5, 0.6) is 5.75 Å². The summed E-state index contributed by atoms with van der Waals surface area (Å²) in [5.41, 5.74) is 6.11. The van der Waals surface area contributed by atoms with Crippen LogP contribution in [0.15, 0.2) is 36.4 Å². The average molecular weight is 413 g/mol. The number of carboxylic acids is 1. The first kappa shape index (κ1) is 24.4. The molecule has 0 aliphatic carbocycles. The van der Waals surface area contributed by atoms with Crippen molar-refractivity contribution >= 4 is 21.0 Å². The summed E-state index contributed by atoms with van der Waals surface area (Å²) >= 11 is 0. The lowest BCUT2D eigenvalue weighted by Gasteiger charge is -2.14. The van der Waals surface area contributed by atoms with Crippen LogP contribution in [0.2, 0.25) is 5.82 Å². The van der Waals surface area contributed by atoms with E-state index < -0.39 is 19.4 Å². The molecule has 1 rings (SSSR count). The zero-order valence-corrected chi connectivity index (χ0v) is 17.3. The van der Waals surface area contributed by atoms with Gasteiger partial charge in [0.25, 0.3) is 7.48 Å². The summed E-state index contributed by atoms with van der Waals surface area (Å²) in [4.78, 5) is 11.2. The molecule has 8 nitrogen and oxygen atoms in total. The number of allylic oxidation sites excluding steroid dienone is 1. The molecule has 1 unspecified atom stereocenters. The van der Waals surface area contributed by atoms with E-state index in [1.54, 1.807) is 38.1 Å². The van der Waals surface area contributed by atoms with Crippen LogP contribution >= 0.6 is 7.60 Å². The molecule has 0 aromatic heterocycles. The van der Waals surface area contributed by atoms with E-state index in [1.807, 2.05) is 12.1 Å². The van der Waals surface area contributed by atoms with Crippen molar-refractivity contribution < 1.29 is 32.9 Å². The van der Waals surface area contributed by atoms with Crippen LogP contribution in [-0.2, 0) is 29.5 Å². The maximum absolute atomic E-state index is 12.3. The number of nitrogens with two attached hydrogens (primary N) is 1. The summed E-state index contributed by atoms with van der Waals surface area (Å²) in [6.07, 6.45) is 4.01. The molecular formula is C18H29BNO7P. The highest BCUT2D eigenvalue weighted by molar-refractivity contribution is 7.54. The molecule has 0 aliphatic heterocycles. The molecule has 0 heterocycles. The van der Waals surface area contributed by atoms with Crippen molar-refractivity contribution in [3.63, 3.8) is 0 Å². The lowest BCUT2D eigenvalue weighted by molar-refractivity contribution is -0.137. The Labute approximate surface area is 166 Å². The van der Waals surface area contributed by atoms with E-state index in [0.29, 0.717) is 32.0 Å². The van der Waals surface area contributed by atoms with E-state index in [2.05, 4.69) is 0 Å². The quantitative estimate of drug-likeness (QED) is 0.195. The van der Waals surface area contributed by atoms with Gasteiger partial charge < -0.3 is 29.3 Å². The van der Waals surface area contributed by atoms with Gasteiger partial charge >= 0.3 is 13.6 Å². The molecule has 0 amide bonds. The highest BCUT2D eigenvalue weighted by Crippen LogP contribution is 2.47. The molecule has 3 N–H and O–H groups in total. The first-order valence-electron chi connectivity index (χ1n) is 9.19. The van der Waals surface area contributed by atoms with Crippen LogP contribution in [0.4, 0.5) is 0 Å². The first-order chi connectivity index (χ1) is 13.4. The Morgan fingerprint density at radius 3 is 2.39 bits per heavy atom. The summed E-state index contributed by atoms with van der Waals surface area (Å²) in [6.45, 7) is 4.50. The molecule has 1 aromatic carbocycles. The van der Waals surface area contributed by atoms with Crippen LogP contribution in [0.25, 0.3) is 0 Å². The number of benzene rings is 1. The third-order valence-electron chi connectivity index (χ3n) is 3.69. The van der Waals surface area contributed by atoms with Crippen LogP contribution in [-0.4, -0.2) is 51.3 Å². The maximum Gasteiger partial charge on any atom is 0.334 e. The molecule has 156 valence electrons. The van der Waals surface area contributed by atoms with Gasteiger partial charge in [0.1, 0.15) is 12.4 Å². The Kier molecular flexibility index (Phi) is 11.8. The molecule has 0 saturated carbocycles. The van der Waals surface area contributed by atoms with Gasteiger partial charge in [-0.3, -0.25) is 9.36 Å². The molecule has 0 radical (unpaired) electrons. The maximum atomic E-state index is 12.3. The minimum absolute atomic E-state index is 0.00529. The molecule has 10 heteroatoms. The Morgan fingerprint density at radius 1 is 1.21 bits per heavy atom. The zero-order valence-electron chi connectivity index (χ0n) is 16.4. The largest absolute Gasteiger partial charge is 0.490 e. The van der Waals surface area contributed by atoms with E-state index in [4.69, 9.17) is 24.2 Å². The standard InChI is InChI=1S/C18H29BNO7P/c1-3-26-28(23,27-4-2)12-6-5-11-24-16-9-7-15(8-10-16)13-17(18(21)22)19-25-14-20/h5-10,17,19H,3-4,11-14,20H2,1-2H3,(H,21,22)/b6-5+. The summed E-state index contributed by atoms with van der Waals surface area (Å²) < 4.78 is 33.3. The molecule has 28 heavy (non-hydrogen) atoms. The molecule has 1 atom stereocenters. The van der Waals surface area contributed by atoms with Crippen molar-refractivity contribution in [3.8, 4) is 5.75 Å². The van der Waals surface area contributed by atoms with Crippen molar-refractivity contribution in [2.24, 2.45) is 5.73 Å². The monoisotopic (exact) mass is 413 g/mol. The van der Waals surface area contributed by atoms with Gasteiger partial charge in [-0.25, -0.2) is 0 Å². The molecular weight excluding hydrogens is 384 g/mol. The van der Waals surface area contributed by atoms with Gasteiger partial charge in [0.05, 0.1) is 31.9 Å². The van der Waals surface area contributed by atoms with Gasteiger partial charge in [-0.15, -0.1) is 0 Å². The summed E-state index contributed by atoms with van der Waals surface area (Å²) in [7, 11) is -3.00. The van der Waals surface area contributed by atoms with E-state index in [1.165, 1.54) is 0 Å². The number of aliphatic carboxylic acids is 1. The zero-order chi connectivity index (χ0) is 20.8. The Balaban J connectivity index is 2.48. The van der Waals surface area contributed by atoms with Crippen molar-refractivity contribution in [1.29, 1.82) is 0 Å². The van der Waals surface area contributed by atoms with Crippen molar-refractivity contribution in [1.82, 2.24) is 0 Å². The second-order valence-electron chi connectivity index (χ2n) is 5.83. The van der Waals surface area contributed by atoms with Crippen LogP contribution in [0, 0.1) is 0 Å². The fourth-order valence-electron chi connectivity index (χ4n) is 2.39. The fraction of sp³-hybridized carbons (Fsp3) is 0.500. The van der Waals surface area contributed by atoms with Gasteiger partial charge in [0.15, 0.2) is 0 Å². The summed E-state index contributed by atoms with van der Waals surface area (Å²) in [5.74, 6) is -0.920. The number of hydrogen-bond donors (Lipinski definition) is 2. The minimum atomic E-state index is -3.08. The highest BCUT2D eigenvalue weighted by atomic mass is 31.2. The predicted octanol–water partition coefficient (Wildman–Crippen LogP) is 2.59. The van der Waals surface area contributed by atoms with Gasteiger partial charge in [-0.05, 0) is 38.0 Å². The van der Waals surface area contributed by atoms with Gasteiger partial charge in [-0.2, -0.15) is 0 Å². The fourth-order valence-corrected chi connectivity index (χ4v) is 3.87. The number of carboxylic acid groups (broad SMARTS) is 1. The SMILES string of the molecule is CCOP(=O)(C/C=C/COc1ccc(CC(BOCN)C(=O)O)cc1)OCC. The summed E-state index contributed by atoms with van der Waals surface area (Å²) in [5, 5.41) is 9.22. The molecule has 0 saturated heterocycles. The van der Waals surface area contributed by atoms with Gasteiger partial charge in [-0.1, -0.05) is 24.3 Å². The lowest BCUT2D eigenvalue weighted by atomic mass is 9.76. The van der Waals surface area contributed by atoms with E-state index >= 15 is 0 Å². The second kappa shape index (κ2) is 13.5. The van der Waals surface area contributed by atoms with Gasteiger partial charge in [0.2, 0.25) is 0 Å². The predicted molar refractivity (Wildman–Crippen MR) is 109 cm³/mol. The molecule has 0 bridgehead atoms. The van der Waals surface area contributed by atoms with Crippen LogP contribution in [0.3, 0.4) is 0 Å². The number of hydrogen-bond acceptors (Lipinski definition) is 7. The van der Waals surface area contributed by atoms with Crippen molar-refractivity contribution in [2.45, 2.75) is 26.1 Å². The average Bonchev–Trinajstić information content (AvgIpc) is 2.66. The van der Waals surface area contributed by atoms with E-state index in [-0.39, 0.29) is 20.4 Å². The normalized spacial score (nSPS) is 12.8. The lowest BCUT2D eigenvalue weighted by Crippen LogP contribution is -2.21. The first-order valence-corrected chi connectivity index (χ1v) is 10.9. The minimum Gasteiger partial charge on any atom is -0.490 e. The second-order valence-corrected chi connectivity index (χ2v) is 7.94. The van der Waals surface area contributed by atoms with Gasteiger partial charge in [0, 0.05) is 0 Å². The van der Waals surface area contributed by atoms with Crippen LogP contribution in [0.1, 0.15) is 19.4 Å². The third kappa shape index (κ3) is 9.53. The highest BCUT2D eigenvalue weighted by Gasteiger charge is 2.21. The smallest absolute Gasteiger partial charge is 0.334 e. The Hall–Kier alpha value is -1.64. The van der Waals surface area contributed by atoms with Crippen molar-refractivity contribution in [3.05, 3.63) is 42.0 Å². The number of ether oxygens (including phenoxy) is 1. The van der Waals surface area contributed by atoms with E-state index in [0.717, 1.165) is 5.56 Å². The number of rotatable bonds is 15. The Bertz CT molecular complexity index is 644. The van der Waals surface area contributed by atoms with Crippen LogP contribution < -0.4 is 10.5 Å². The number of carbonyl (C=O) groups is 1. The summed E-state index contributed by atoms with van der Waals surface area (Å²) in [6, 6.07) is 7.18. The molecule has 1 aromatic rings. The molecule has 0 spiro atoms.